The zero-order valence-corrected chi connectivity index (χ0v) is 91.9. The Bertz CT molecular complexity index is 7080. The van der Waals surface area contributed by atoms with E-state index in [0.29, 0.717) is 150 Å². The maximum absolute atomic E-state index is 12.7. The van der Waals surface area contributed by atoms with Gasteiger partial charge in [-0.1, -0.05) is 84.9 Å². The van der Waals surface area contributed by atoms with Crippen LogP contribution in [0.3, 0.4) is 0 Å². The number of fused-ring (bicyclic) bond motifs is 23. The van der Waals surface area contributed by atoms with Gasteiger partial charge in [-0.25, -0.2) is 39.5 Å². The molecule has 3 aliphatic heterocycles. The van der Waals surface area contributed by atoms with Crippen LogP contribution in [-0.2, 0) is 92.9 Å². The van der Waals surface area contributed by atoms with Crippen molar-refractivity contribution in [2.24, 2.45) is 0 Å². The molecule has 3 amide bonds. The van der Waals surface area contributed by atoms with Crippen LogP contribution in [0.4, 0.5) is 4.79 Å². The Morgan fingerprint density at radius 2 is 0.710 bits per heavy atom. The van der Waals surface area contributed by atoms with E-state index >= 15 is 0 Å². The molecule has 2 radical (unpaired) electrons. The number of hydrogen-bond acceptors (Lipinski definition) is 33. The Hall–Kier alpha value is -9.89. The molecule has 0 spiro atoms. The molecule has 0 unspecified atom stereocenters. The summed E-state index contributed by atoms with van der Waals surface area (Å²) in [6.45, 7) is 9.39. The number of benzene rings is 7. The van der Waals surface area contributed by atoms with Crippen LogP contribution in [0.5, 0.6) is 40.2 Å². The largest absolute Gasteiger partial charge is 1.00 e. The molecule has 45 nitrogen and oxygen atoms in total. The van der Waals surface area contributed by atoms with Crippen molar-refractivity contribution < 1.29 is 186 Å². The summed E-state index contributed by atoms with van der Waals surface area (Å²) in [5.74, 6) is -1.13. The van der Waals surface area contributed by atoms with Crippen molar-refractivity contribution in [3.05, 3.63) is 91.0 Å². The van der Waals surface area contributed by atoms with Crippen molar-refractivity contribution in [2.75, 3.05) is 149 Å². The number of amides is 3. The minimum absolute atomic E-state index is 0. The van der Waals surface area contributed by atoms with Crippen LogP contribution in [0.2, 0.25) is 38.3 Å². The number of H-pyrrole nitrogens is 2. The van der Waals surface area contributed by atoms with Crippen LogP contribution in [-0.4, -0.2) is 332 Å². The average molecular weight is 2200 g/mol. The number of quaternary nitrogens is 2. The van der Waals surface area contributed by atoms with Crippen molar-refractivity contribution in [3.63, 3.8) is 0 Å². The molecule has 0 atom stereocenters. The van der Waals surface area contributed by atoms with Crippen molar-refractivity contribution in [2.45, 2.75) is 122 Å². The number of nitrogens with one attached hydrogen (secondary N) is 3. The summed E-state index contributed by atoms with van der Waals surface area (Å²) in [4.78, 5) is 92.6. The Kier molecular flexibility index (Phi) is 39.0. The van der Waals surface area contributed by atoms with Crippen molar-refractivity contribution in [1.82, 2.24) is 50.3 Å². The monoisotopic (exact) mass is 2190 g/mol. The molecule has 55 heteroatoms. The third kappa shape index (κ3) is 30.5. The zero-order chi connectivity index (χ0) is 105. The second-order valence-corrected chi connectivity index (χ2v) is 55.4. The van der Waals surface area contributed by atoms with Crippen LogP contribution in [0.15, 0.2) is 91.0 Å². The maximum Gasteiger partial charge on any atom is 1.00 e. The molecule has 13 rings (SSSR count). The molecule has 10 aromatic rings. The number of hydroxylamine groups is 2. The number of rotatable bonds is 52. The minimum atomic E-state index is -4.33. The summed E-state index contributed by atoms with van der Waals surface area (Å²) < 4.78 is 256. The first-order valence-electron chi connectivity index (χ1n) is 46.0. The van der Waals surface area contributed by atoms with Crippen LogP contribution in [0, 0.1) is 0 Å². The average Bonchev–Trinajstić information content (AvgIpc) is 1.56. The van der Waals surface area contributed by atoms with Crippen LogP contribution >= 0.6 is 0 Å². The maximum atomic E-state index is 12.7. The van der Waals surface area contributed by atoms with E-state index in [2.05, 4.69) is 15.3 Å². The zero-order valence-electron chi connectivity index (χ0n) is 82.0. The minimum Gasteiger partial charge on any atom is -0.495 e. The fraction of sp³-hybridized carbons (Fsp3) is 0.467. The molecule has 6 heterocycles. The van der Waals surface area contributed by atoms with E-state index in [0.717, 1.165) is 32.3 Å². The number of methoxy groups -OCH3 is 6. The number of carbonyl (C=O) groups excluding carboxylic acids is 4. The van der Waals surface area contributed by atoms with Gasteiger partial charge >= 0.3 is 51.6 Å². The smallest absolute Gasteiger partial charge is 0.495 e. The third-order valence-electron chi connectivity index (χ3n) is 24.7. The number of aromatic nitrogens is 8. The van der Waals surface area contributed by atoms with E-state index in [1.807, 2.05) is 111 Å². The van der Waals surface area contributed by atoms with Gasteiger partial charge in [0.25, 0.3) is 72.5 Å². The van der Waals surface area contributed by atoms with Gasteiger partial charge in [0.1, 0.15) is 62.8 Å². The number of ether oxygens (including phenoxy) is 8. The molecule has 7 aromatic carbocycles. The van der Waals surface area contributed by atoms with Crippen LogP contribution in [0.1, 0.15) is 83.5 Å². The van der Waals surface area contributed by atoms with Crippen LogP contribution in [0.25, 0.3) is 122 Å². The standard InChI is InChI=1S/C62H52N10O13.C28H64N2O20S6Si3.Na/c1-77-48-30-16-7-8-17-31(30)49(78-2)43-42(48)56-65-54-36-22-13-23-37(83-28-15-29-84-62(76)63-27-14-24-40(75)85-72-38(73)25-26-39(72)74)41(36)55(64-54)66-57-44-45(51(80-4)33-19-10-9-18-32(33)50(44)79-3)59(68-57)70-61-47-46(60(71-61)69-58(43)67-56)52(81-5)34-20-11-12-21-35(34)53(47)82-6;1-58(2,27-11-19-29(13-5-21-51(31,32)33,14-6-22-52(34,35)36)15-7-23-53(37,38)39)49-57-50-59(3,4)28-12-20-30(16-8-24-54(40,41)42,17-9-25-55(43,44)45)18-10-26-56(46,47)48;/h7-13,16-23H,14-15,24-29H2,1-6H3,(H,63,76)(H2,64,65,66,67,68,69,70,71);5-28H2,1-4H3,(H4-2,31,32,33,34,35,36,37,38,39,40,41,42,43,44,45,46,47,48);/q;;+1/p+2. The molecule has 0 aliphatic carbocycles. The van der Waals surface area contributed by atoms with E-state index < -0.39 is 136 Å². The third-order valence-corrected chi connectivity index (χ3v) is 37.7. The first-order valence-corrected chi connectivity index (χ1v) is 62.7. The van der Waals surface area contributed by atoms with Crippen molar-refractivity contribution in [3.8, 4) is 85.8 Å². The quantitative estimate of drug-likeness (QED) is 0.00568. The van der Waals surface area contributed by atoms with Crippen LogP contribution < -0.4 is 68.0 Å². The van der Waals surface area contributed by atoms with Gasteiger partial charge in [0, 0.05) is 109 Å². The van der Waals surface area contributed by atoms with E-state index in [9.17, 15) is 97.0 Å². The number of imide groups is 1. The fourth-order valence-electron chi connectivity index (χ4n) is 18.3. The molecule has 3 aliphatic rings. The van der Waals surface area contributed by atoms with E-state index in [1.165, 1.54) is 0 Å². The van der Waals surface area contributed by atoms with Gasteiger partial charge < -0.3 is 75.2 Å². The molecule has 8 bridgehead atoms. The number of hydrogen-bond donors (Lipinski definition) is 9. The fourth-order valence-corrected chi connectivity index (χ4v) is 26.5. The van der Waals surface area contributed by atoms with Gasteiger partial charge in [-0.15, -0.1) is 5.06 Å². The molecule has 0 saturated carbocycles. The molecule has 9 N–H and O–H groups in total. The Balaban J connectivity index is 0.000000296. The summed E-state index contributed by atoms with van der Waals surface area (Å²) in [5, 5.41) is 9.74. The Labute approximate surface area is 865 Å². The van der Waals surface area contributed by atoms with Gasteiger partial charge in [0.15, 0.2) is 39.9 Å². The predicted molar refractivity (Wildman–Crippen MR) is 541 cm³/mol. The Morgan fingerprint density at radius 1 is 0.400 bits per heavy atom. The predicted octanol–water partition coefficient (Wildman–Crippen LogP) is 8.31. The number of aromatic amines is 2. The summed E-state index contributed by atoms with van der Waals surface area (Å²) >= 11 is 0. The summed E-state index contributed by atoms with van der Waals surface area (Å²) in [7, 11) is -21.7. The first kappa shape index (κ1) is 115. The van der Waals surface area contributed by atoms with Crippen molar-refractivity contribution in [1.29, 1.82) is 0 Å². The number of nitrogens with zero attached hydrogens (tertiary/aromatic N) is 9. The summed E-state index contributed by atoms with van der Waals surface area (Å²) in [5.41, 5.74) is 3.36. The van der Waals surface area contributed by atoms with Gasteiger partial charge in [0.2, 0.25) is 0 Å². The second-order valence-electron chi connectivity index (χ2n) is 36.1. The molecular weight excluding hydrogens is 2080 g/mol. The van der Waals surface area contributed by atoms with E-state index in [-0.39, 0.29) is 201 Å². The van der Waals surface area contributed by atoms with E-state index in [4.69, 9.17) is 80.9 Å². The summed E-state index contributed by atoms with van der Waals surface area (Å²) in [6, 6.07) is 29.8. The Morgan fingerprint density at radius 3 is 1.04 bits per heavy atom. The SMILES string of the molecule is COc1c2c(c(OC)c3ccccc13)-c1nc-2nc2[nH]c(nc3nc(nc4[nH]c(n1)c1c(OC)c5ccccc5c(OC)c41)-c1c(OCCCOC(=O)NCCCC(=O)ON4C(=O)CCC4=O)cccc1-3)c1c(OC)c3ccccc3c(OC)c21.C[Si](C)(CCC[N+](CCCS(=O)(=O)O)(CCCS(=O)(=O)O)CCCS(=O)(=O)O)O[Si]O[Si](C)(C)CCC[N+](CCCS(=O)(=O)O)(CCCS(=O)(=O)O)CCCS(=O)(=O)O.[Na+]. The molecule has 145 heavy (non-hydrogen) atoms. The first-order chi connectivity index (χ1) is 67.9. The topological polar surface area (TPSA) is 620 Å². The normalized spacial score (nSPS) is 13.3. The molecule has 1 saturated heterocycles. The number of alkyl carbamates (subject to hydrolysis) is 1. The number of carbonyl (C=O) groups is 4. The van der Waals surface area contributed by atoms with Gasteiger partial charge in [-0.2, -0.15) is 50.5 Å². The molecule has 3 aromatic heterocycles. The molecule has 1 fully saturated rings. The molecular formula is C90H118N12NaO33S6Si3+3. The van der Waals surface area contributed by atoms with Gasteiger partial charge in [-0.3, -0.25) is 36.9 Å². The van der Waals surface area contributed by atoms with Gasteiger partial charge in [0.05, 0.1) is 181 Å². The van der Waals surface area contributed by atoms with E-state index in [1.54, 1.807) is 48.7 Å². The summed E-state index contributed by atoms with van der Waals surface area (Å²) in [6.07, 6.45) is 0.403. The van der Waals surface area contributed by atoms with Gasteiger partial charge in [-0.05, 0) is 63.6 Å². The molecule has 782 valence electrons. The van der Waals surface area contributed by atoms with Crippen molar-refractivity contribution >= 4 is 188 Å². The second kappa shape index (κ2) is 49.0.